The lowest BCUT2D eigenvalue weighted by molar-refractivity contribution is -0.173. The molecule has 10 heteroatoms. The predicted molar refractivity (Wildman–Crippen MR) is 104 cm³/mol. The van der Waals surface area contributed by atoms with Crippen molar-refractivity contribution in [3.8, 4) is 0 Å². The molecule has 0 aromatic heterocycles. The van der Waals surface area contributed by atoms with Crippen molar-refractivity contribution in [2.75, 3.05) is 50.8 Å². The molecule has 0 bridgehead atoms. The zero-order valence-corrected chi connectivity index (χ0v) is 16.5. The van der Waals surface area contributed by atoms with Gasteiger partial charge in [-0.1, -0.05) is 0 Å². The minimum Gasteiger partial charge on any atom is -0.372 e. The molecule has 1 aromatic carbocycles. The van der Waals surface area contributed by atoms with Crippen molar-refractivity contribution in [2.24, 2.45) is 10.7 Å². The van der Waals surface area contributed by atoms with Crippen LogP contribution in [0.2, 0.25) is 0 Å². The fourth-order valence-corrected chi connectivity index (χ4v) is 2.49. The first-order valence-corrected chi connectivity index (χ1v) is 8.05. The SMILES string of the molecule is I.NC(=NCCCOCC(F)(F)F)N1CCN(c2ccc(F)cc2)CC1. The van der Waals surface area contributed by atoms with Gasteiger partial charge in [-0.3, -0.25) is 4.99 Å². The molecule has 5 nitrogen and oxygen atoms in total. The first-order chi connectivity index (χ1) is 11.8. The van der Waals surface area contributed by atoms with Crippen LogP contribution in [-0.2, 0) is 4.74 Å². The van der Waals surface area contributed by atoms with Crippen molar-refractivity contribution in [3.05, 3.63) is 30.1 Å². The Morgan fingerprint density at radius 2 is 1.73 bits per heavy atom. The smallest absolute Gasteiger partial charge is 0.372 e. The molecule has 1 aliphatic rings. The summed E-state index contributed by atoms with van der Waals surface area (Å²) in [6.07, 6.45) is -3.92. The molecule has 0 atom stereocenters. The van der Waals surface area contributed by atoms with Gasteiger partial charge in [0.25, 0.3) is 0 Å². The molecular weight excluding hydrogens is 467 g/mol. The largest absolute Gasteiger partial charge is 0.411 e. The van der Waals surface area contributed by atoms with E-state index < -0.39 is 12.8 Å². The van der Waals surface area contributed by atoms with Crippen molar-refractivity contribution in [1.82, 2.24) is 4.90 Å². The van der Waals surface area contributed by atoms with E-state index in [0.717, 1.165) is 18.8 Å². The molecule has 148 valence electrons. The van der Waals surface area contributed by atoms with Gasteiger partial charge in [-0.2, -0.15) is 13.2 Å². The highest BCUT2D eigenvalue weighted by molar-refractivity contribution is 14.0. The minimum absolute atomic E-state index is 0. The maximum absolute atomic E-state index is 13.0. The van der Waals surface area contributed by atoms with Gasteiger partial charge in [0, 0.05) is 45.0 Å². The summed E-state index contributed by atoms with van der Waals surface area (Å²) in [4.78, 5) is 8.24. The minimum atomic E-state index is -4.30. The molecule has 0 unspecified atom stereocenters. The summed E-state index contributed by atoms with van der Waals surface area (Å²) in [5.74, 6) is 0.118. The van der Waals surface area contributed by atoms with Crippen LogP contribution in [0.25, 0.3) is 0 Å². The molecule has 0 radical (unpaired) electrons. The normalized spacial score (nSPS) is 15.8. The van der Waals surface area contributed by atoms with Crippen LogP contribution >= 0.6 is 24.0 Å². The number of hydrogen-bond acceptors (Lipinski definition) is 3. The Kier molecular flexibility index (Phi) is 9.41. The number of aliphatic imine (C=N–C) groups is 1. The fraction of sp³-hybridized carbons (Fsp3) is 0.562. The molecule has 0 saturated carbocycles. The zero-order chi connectivity index (χ0) is 18.3. The number of guanidine groups is 1. The number of halogens is 5. The third-order valence-electron chi connectivity index (χ3n) is 3.78. The van der Waals surface area contributed by atoms with E-state index in [4.69, 9.17) is 5.73 Å². The number of hydrogen-bond donors (Lipinski definition) is 1. The summed E-state index contributed by atoms with van der Waals surface area (Å²) < 4.78 is 53.2. The third-order valence-corrected chi connectivity index (χ3v) is 3.78. The van der Waals surface area contributed by atoms with Crippen molar-refractivity contribution in [3.63, 3.8) is 0 Å². The summed E-state index contributed by atoms with van der Waals surface area (Å²) >= 11 is 0. The van der Waals surface area contributed by atoms with Gasteiger partial charge >= 0.3 is 6.18 Å². The topological polar surface area (TPSA) is 54.1 Å². The number of anilines is 1. The van der Waals surface area contributed by atoms with Crippen LogP contribution in [-0.4, -0.2) is 63.0 Å². The van der Waals surface area contributed by atoms with Crippen molar-refractivity contribution in [1.29, 1.82) is 0 Å². The average Bonchev–Trinajstić information content (AvgIpc) is 2.58. The number of ether oxygens (including phenoxy) is 1. The van der Waals surface area contributed by atoms with E-state index in [1.54, 1.807) is 12.1 Å². The second kappa shape index (κ2) is 10.8. The van der Waals surface area contributed by atoms with Crippen LogP contribution < -0.4 is 10.6 Å². The summed E-state index contributed by atoms with van der Waals surface area (Å²) in [5, 5.41) is 0. The number of rotatable bonds is 6. The quantitative estimate of drug-likeness (QED) is 0.219. The average molecular weight is 490 g/mol. The van der Waals surface area contributed by atoms with Gasteiger partial charge < -0.3 is 20.3 Å². The van der Waals surface area contributed by atoms with E-state index in [9.17, 15) is 17.6 Å². The number of nitrogens with two attached hydrogens (primary N) is 1. The van der Waals surface area contributed by atoms with Crippen molar-refractivity contribution >= 4 is 35.6 Å². The molecular formula is C16H23F4IN4O. The van der Waals surface area contributed by atoms with E-state index >= 15 is 0 Å². The zero-order valence-electron chi connectivity index (χ0n) is 14.2. The van der Waals surface area contributed by atoms with Crippen LogP contribution in [0.4, 0.5) is 23.2 Å². The van der Waals surface area contributed by atoms with Crippen LogP contribution in [0.15, 0.2) is 29.3 Å². The van der Waals surface area contributed by atoms with Gasteiger partial charge in [0.2, 0.25) is 0 Å². The molecule has 0 spiro atoms. The highest BCUT2D eigenvalue weighted by Gasteiger charge is 2.27. The number of nitrogens with zero attached hydrogens (tertiary/aromatic N) is 3. The summed E-state index contributed by atoms with van der Waals surface area (Å²) in [5.41, 5.74) is 6.88. The van der Waals surface area contributed by atoms with E-state index in [2.05, 4.69) is 14.6 Å². The molecule has 1 fully saturated rings. The van der Waals surface area contributed by atoms with Gasteiger partial charge in [0.05, 0.1) is 0 Å². The Hall–Kier alpha value is -1.30. The maximum Gasteiger partial charge on any atom is 0.411 e. The number of benzene rings is 1. The molecule has 0 aliphatic carbocycles. The molecule has 1 aromatic rings. The first kappa shape index (κ1) is 22.7. The summed E-state index contributed by atoms with van der Waals surface area (Å²) in [6.45, 7) is 1.90. The summed E-state index contributed by atoms with van der Waals surface area (Å²) in [6, 6.07) is 6.34. The van der Waals surface area contributed by atoms with Crippen molar-refractivity contribution in [2.45, 2.75) is 12.6 Å². The first-order valence-electron chi connectivity index (χ1n) is 8.05. The van der Waals surface area contributed by atoms with Crippen molar-refractivity contribution < 1.29 is 22.3 Å². The lowest BCUT2D eigenvalue weighted by Gasteiger charge is -2.36. The van der Waals surface area contributed by atoms with Gasteiger partial charge in [-0.05, 0) is 30.7 Å². The summed E-state index contributed by atoms with van der Waals surface area (Å²) in [7, 11) is 0. The second-order valence-electron chi connectivity index (χ2n) is 5.71. The predicted octanol–water partition coefficient (Wildman–Crippen LogP) is 2.85. The molecule has 26 heavy (non-hydrogen) atoms. The molecule has 1 aliphatic heterocycles. The standard InChI is InChI=1S/C16H22F4N4O.HI/c17-13-2-4-14(5-3-13)23-7-9-24(10-8-23)15(21)22-6-1-11-25-12-16(18,19)20;/h2-5H,1,6-12H2,(H2,21,22);1H. The highest BCUT2D eigenvalue weighted by Crippen LogP contribution is 2.17. The van der Waals surface area contributed by atoms with Crippen LogP contribution in [0.5, 0.6) is 0 Å². The van der Waals surface area contributed by atoms with Gasteiger partial charge in [-0.25, -0.2) is 4.39 Å². The molecule has 0 amide bonds. The van der Waals surface area contributed by atoms with E-state index in [-0.39, 0.29) is 36.4 Å². The highest BCUT2D eigenvalue weighted by atomic mass is 127. The Labute approximate surface area is 167 Å². The lowest BCUT2D eigenvalue weighted by Crippen LogP contribution is -2.51. The number of alkyl halides is 3. The lowest BCUT2D eigenvalue weighted by atomic mass is 10.2. The second-order valence-corrected chi connectivity index (χ2v) is 5.71. The van der Waals surface area contributed by atoms with Crippen LogP contribution in [0.1, 0.15) is 6.42 Å². The maximum atomic E-state index is 13.0. The fourth-order valence-electron chi connectivity index (χ4n) is 2.49. The van der Waals surface area contributed by atoms with Gasteiger partial charge in [-0.15, -0.1) is 24.0 Å². The van der Waals surface area contributed by atoms with Gasteiger partial charge in [0.15, 0.2) is 5.96 Å². The van der Waals surface area contributed by atoms with Gasteiger partial charge in [0.1, 0.15) is 12.4 Å². The molecule has 2 N–H and O–H groups in total. The monoisotopic (exact) mass is 490 g/mol. The Bertz CT molecular complexity index is 560. The Morgan fingerprint density at radius 3 is 2.31 bits per heavy atom. The van der Waals surface area contributed by atoms with E-state index in [1.807, 2.05) is 4.90 Å². The van der Waals surface area contributed by atoms with Crippen LogP contribution in [0.3, 0.4) is 0 Å². The molecule has 2 rings (SSSR count). The van der Waals surface area contributed by atoms with E-state index in [1.165, 1.54) is 12.1 Å². The molecule has 1 heterocycles. The van der Waals surface area contributed by atoms with E-state index in [0.29, 0.717) is 32.0 Å². The Balaban J connectivity index is 0.00000338. The number of piperazine rings is 1. The third kappa shape index (κ3) is 7.94. The van der Waals surface area contributed by atoms with Crippen LogP contribution in [0, 0.1) is 5.82 Å². The molecule has 1 saturated heterocycles. The Morgan fingerprint density at radius 1 is 1.12 bits per heavy atom.